The van der Waals surface area contributed by atoms with Gasteiger partial charge in [0, 0.05) is 18.8 Å². The van der Waals surface area contributed by atoms with Gasteiger partial charge in [0.2, 0.25) is 0 Å². The quantitative estimate of drug-likeness (QED) is 0.776. The molecule has 2 nitrogen and oxygen atoms in total. The smallest absolute Gasteiger partial charge is 0.0419 e. The standard InChI is InChI=1S/C16H24N2/c1-2-5-13(4-1)8-10-17-12-15-7-3-6-14-9-11-18-16(14)15/h3,6-7,13,17-18H,1-2,4-5,8-12H2. The van der Waals surface area contributed by atoms with Crippen LogP contribution >= 0.6 is 0 Å². The van der Waals surface area contributed by atoms with Gasteiger partial charge in [-0.1, -0.05) is 43.9 Å². The monoisotopic (exact) mass is 244 g/mol. The average molecular weight is 244 g/mol. The maximum atomic E-state index is 3.62. The molecule has 1 aliphatic carbocycles. The normalized spacial score (nSPS) is 18.9. The van der Waals surface area contributed by atoms with Gasteiger partial charge >= 0.3 is 0 Å². The summed E-state index contributed by atoms with van der Waals surface area (Å²) >= 11 is 0. The summed E-state index contributed by atoms with van der Waals surface area (Å²) in [6.07, 6.45) is 8.39. The Morgan fingerprint density at radius 1 is 1.22 bits per heavy atom. The molecule has 1 aliphatic heterocycles. The second-order valence-corrected chi connectivity index (χ2v) is 5.74. The first-order valence-corrected chi connectivity index (χ1v) is 7.49. The van der Waals surface area contributed by atoms with Crippen molar-refractivity contribution in [3.8, 4) is 0 Å². The molecule has 1 fully saturated rings. The van der Waals surface area contributed by atoms with Crippen LogP contribution in [-0.2, 0) is 13.0 Å². The Morgan fingerprint density at radius 3 is 3.00 bits per heavy atom. The number of fused-ring (bicyclic) bond motifs is 1. The third-order valence-corrected chi connectivity index (χ3v) is 4.45. The number of benzene rings is 1. The van der Waals surface area contributed by atoms with Crippen molar-refractivity contribution in [3.63, 3.8) is 0 Å². The van der Waals surface area contributed by atoms with Crippen LogP contribution in [0.4, 0.5) is 5.69 Å². The molecule has 0 amide bonds. The molecular weight excluding hydrogens is 220 g/mol. The van der Waals surface area contributed by atoms with E-state index >= 15 is 0 Å². The molecule has 2 heteroatoms. The summed E-state index contributed by atoms with van der Waals surface area (Å²) in [5.74, 6) is 0.997. The molecule has 0 spiro atoms. The zero-order chi connectivity index (χ0) is 12.2. The van der Waals surface area contributed by atoms with Crippen molar-refractivity contribution in [2.75, 3.05) is 18.4 Å². The summed E-state index contributed by atoms with van der Waals surface area (Å²) in [5.41, 5.74) is 4.33. The molecule has 98 valence electrons. The molecule has 1 saturated carbocycles. The first-order chi connectivity index (χ1) is 8.93. The molecule has 0 aromatic heterocycles. The van der Waals surface area contributed by atoms with Crippen LogP contribution in [0.15, 0.2) is 18.2 Å². The minimum Gasteiger partial charge on any atom is -0.384 e. The molecule has 1 heterocycles. The summed E-state index contributed by atoms with van der Waals surface area (Å²) in [5, 5.41) is 7.13. The lowest BCUT2D eigenvalue weighted by molar-refractivity contribution is 0.477. The Balaban J connectivity index is 1.47. The lowest BCUT2D eigenvalue weighted by Gasteiger charge is -2.12. The fourth-order valence-electron chi connectivity index (χ4n) is 3.39. The first kappa shape index (κ1) is 12.0. The third-order valence-electron chi connectivity index (χ3n) is 4.45. The number of rotatable bonds is 5. The van der Waals surface area contributed by atoms with E-state index in [1.807, 2.05) is 0 Å². The molecule has 2 aliphatic rings. The maximum Gasteiger partial charge on any atom is 0.0419 e. The highest BCUT2D eigenvalue weighted by atomic mass is 14.9. The van der Waals surface area contributed by atoms with Crippen LogP contribution in [0.5, 0.6) is 0 Å². The van der Waals surface area contributed by atoms with Crippen LogP contribution in [-0.4, -0.2) is 13.1 Å². The Bertz CT molecular complexity index is 394. The van der Waals surface area contributed by atoms with Gasteiger partial charge in [0.25, 0.3) is 0 Å². The van der Waals surface area contributed by atoms with Crippen molar-refractivity contribution in [2.45, 2.75) is 45.1 Å². The lowest BCUT2D eigenvalue weighted by atomic mass is 10.0. The third kappa shape index (κ3) is 2.69. The van der Waals surface area contributed by atoms with E-state index in [1.165, 1.54) is 61.9 Å². The Labute approximate surface area is 110 Å². The Kier molecular flexibility index (Phi) is 3.84. The van der Waals surface area contributed by atoms with E-state index in [0.717, 1.165) is 19.0 Å². The summed E-state index contributed by atoms with van der Waals surface area (Å²) in [6, 6.07) is 6.69. The van der Waals surface area contributed by atoms with Crippen molar-refractivity contribution in [2.24, 2.45) is 5.92 Å². The number of hydrogen-bond acceptors (Lipinski definition) is 2. The molecule has 0 saturated heterocycles. The van der Waals surface area contributed by atoms with E-state index in [4.69, 9.17) is 0 Å². The fourth-order valence-corrected chi connectivity index (χ4v) is 3.39. The zero-order valence-corrected chi connectivity index (χ0v) is 11.2. The highest BCUT2D eigenvalue weighted by Crippen LogP contribution is 2.28. The predicted octanol–water partition coefficient (Wildman–Crippen LogP) is 3.32. The highest BCUT2D eigenvalue weighted by Gasteiger charge is 2.15. The van der Waals surface area contributed by atoms with Crippen molar-refractivity contribution < 1.29 is 0 Å². The summed E-state index contributed by atoms with van der Waals surface area (Å²) < 4.78 is 0. The molecule has 0 radical (unpaired) electrons. The van der Waals surface area contributed by atoms with Gasteiger partial charge in [-0.3, -0.25) is 0 Å². The predicted molar refractivity (Wildman–Crippen MR) is 76.9 cm³/mol. The van der Waals surface area contributed by atoms with Gasteiger partial charge in [0.15, 0.2) is 0 Å². The molecule has 3 rings (SSSR count). The number of anilines is 1. The van der Waals surface area contributed by atoms with E-state index in [9.17, 15) is 0 Å². The largest absolute Gasteiger partial charge is 0.384 e. The van der Waals surface area contributed by atoms with E-state index in [2.05, 4.69) is 28.8 Å². The van der Waals surface area contributed by atoms with Gasteiger partial charge in [-0.05, 0) is 36.4 Å². The van der Waals surface area contributed by atoms with Gasteiger partial charge in [0.05, 0.1) is 0 Å². The lowest BCUT2D eigenvalue weighted by Crippen LogP contribution is -2.17. The number of hydrogen-bond donors (Lipinski definition) is 2. The van der Waals surface area contributed by atoms with Crippen molar-refractivity contribution in [1.29, 1.82) is 0 Å². The van der Waals surface area contributed by atoms with E-state index in [0.29, 0.717) is 0 Å². The van der Waals surface area contributed by atoms with Crippen LogP contribution in [0.25, 0.3) is 0 Å². The first-order valence-electron chi connectivity index (χ1n) is 7.49. The summed E-state index contributed by atoms with van der Waals surface area (Å²) in [4.78, 5) is 0. The van der Waals surface area contributed by atoms with E-state index < -0.39 is 0 Å². The SMILES string of the molecule is c1cc2c(c(CNCCC3CCCC3)c1)NCC2. The van der Waals surface area contributed by atoms with Gasteiger partial charge in [-0.15, -0.1) is 0 Å². The molecule has 0 bridgehead atoms. The van der Waals surface area contributed by atoms with E-state index in [-0.39, 0.29) is 0 Å². The minimum absolute atomic E-state index is 0.997. The molecule has 1 aromatic rings. The molecule has 2 N–H and O–H groups in total. The van der Waals surface area contributed by atoms with Crippen molar-refractivity contribution >= 4 is 5.69 Å². The molecule has 0 atom stereocenters. The molecule has 18 heavy (non-hydrogen) atoms. The second-order valence-electron chi connectivity index (χ2n) is 5.74. The van der Waals surface area contributed by atoms with Gasteiger partial charge in [-0.25, -0.2) is 0 Å². The summed E-state index contributed by atoms with van der Waals surface area (Å²) in [6.45, 7) is 3.30. The minimum atomic E-state index is 0.997. The van der Waals surface area contributed by atoms with Crippen LogP contribution in [0, 0.1) is 5.92 Å². The van der Waals surface area contributed by atoms with Gasteiger partial charge in [0.1, 0.15) is 0 Å². The Morgan fingerprint density at radius 2 is 2.11 bits per heavy atom. The molecular formula is C16H24N2. The second kappa shape index (κ2) is 5.75. The maximum absolute atomic E-state index is 3.62. The molecule has 1 aromatic carbocycles. The van der Waals surface area contributed by atoms with E-state index in [1.54, 1.807) is 0 Å². The van der Waals surface area contributed by atoms with Gasteiger partial charge < -0.3 is 10.6 Å². The van der Waals surface area contributed by atoms with Crippen molar-refractivity contribution in [3.05, 3.63) is 29.3 Å². The van der Waals surface area contributed by atoms with Crippen LogP contribution < -0.4 is 10.6 Å². The number of nitrogens with one attached hydrogen (secondary N) is 2. The van der Waals surface area contributed by atoms with Crippen LogP contribution in [0.2, 0.25) is 0 Å². The van der Waals surface area contributed by atoms with Gasteiger partial charge in [-0.2, -0.15) is 0 Å². The van der Waals surface area contributed by atoms with Crippen LogP contribution in [0.1, 0.15) is 43.2 Å². The average Bonchev–Trinajstić information content (AvgIpc) is 3.05. The van der Waals surface area contributed by atoms with Crippen molar-refractivity contribution in [1.82, 2.24) is 5.32 Å². The highest BCUT2D eigenvalue weighted by molar-refractivity contribution is 5.61. The fraction of sp³-hybridized carbons (Fsp3) is 0.625. The zero-order valence-electron chi connectivity index (χ0n) is 11.2. The number of para-hydroxylation sites is 1. The van der Waals surface area contributed by atoms with Crippen LogP contribution in [0.3, 0.4) is 0 Å². The molecule has 0 unspecified atom stereocenters. The Hall–Kier alpha value is -1.02. The topological polar surface area (TPSA) is 24.1 Å². The summed E-state index contributed by atoms with van der Waals surface area (Å²) in [7, 11) is 0.